The van der Waals surface area contributed by atoms with Gasteiger partial charge in [0.25, 0.3) is 0 Å². The van der Waals surface area contributed by atoms with Crippen LogP contribution in [0.4, 0.5) is 5.82 Å². The van der Waals surface area contributed by atoms with Crippen LogP contribution in [0.25, 0.3) is 11.0 Å². The van der Waals surface area contributed by atoms with E-state index in [1.165, 1.54) is 17.1 Å². The van der Waals surface area contributed by atoms with Crippen LogP contribution in [0.3, 0.4) is 0 Å². The molecule has 194 valence electrons. The average molecular weight is 540 g/mol. The van der Waals surface area contributed by atoms with Gasteiger partial charge in [-0.05, 0) is 6.07 Å². The first-order chi connectivity index (χ1) is 16.5. The van der Waals surface area contributed by atoms with E-state index in [0.717, 1.165) is 0 Å². The van der Waals surface area contributed by atoms with E-state index in [2.05, 4.69) is 28.6 Å². The summed E-state index contributed by atoms with van der Waals surface area (Å²) >= 11 is 0. The number of phosphoric ester groups is 2. The second-order valence-corrected chi connectivity index (χ2v) is 11.1. The molecular formula is C16H22N4O13P2. The Morgan fingerprint density at radius 1 is 0.914 bits per heavy atom. The van der Waals surface area contributed by atoms with E-state index >= 15 is 0 Å². The molecule has 10 atom stereocenters. The molecular weight excluding hydrogens is 518 g/mol. The van der Waals surface area contributed by atoms with Crippen molar-refractivity contribution in [2.45, 2.75) is 49.1 Å². The number of fused-ring (bicyclic) bond motifs is 5. The molecule has 35 heavy (non-hydrogen) atoms. The average Bonchev–Trinajstić information content (AvgIpc) is 3.41. The van der Waals surface area contributed by atoms with Gasteiger partial charge >= 0.3 is 15.6 Å². The molecule has 2 saturated heterocycles. The van der Waals surface area contributed by atoms with Crippen molar-refractivity contribution in [2.75, 3.05) is 18.5 Å². The molecule has 5 heterocycles. The SMILES string of the molecule is O=P1(O)OC[C@H]2O[C@@H](Nc3ncnc4c3ccn4[C@@H]3O[C@H](COP(=O)(O)O1)[C@@H](O)[C@H]3O)[C@H](O)[C@@H]2O. The van der Waals surface area contributed by atoms with Crippen LogP contribution in [0.1, 0.15) is 6.23 Å². The van der Waals surface area contributed by atoms with Crippen LogP contribution in [0.2, 0.25) is 0 Å². The summed E-state index contributed by atoms with van der Waals surface area (Å²) in [5.74, 6) is 0.179. The highest BCUT2D eigenvalue weighted by atomic mass is 31.3. The largest absolute Gasteiger partial charge is 0.481 e. The summed E-state index contributed by atoms with van der Waals surface area (Å²) < 4.78 is 50.3. The van der Waals surface area contributed by atoms with E-state index in [1.54, 1.807) is 6.07 Å². The monoisotopic (exact) mass is 540 g/mol. The van der Waals surface area contributed by atoms with Gasteiger partial charge in [-0.2, -0.15) is 4.31 Å². The number of nitrogens with zero attached hydrogens (tertiary/aromatic N) is 3. The number of hydrogen-bond acceptors (Lipinski definition) is 14. The fraction of sp³-hybridized carbons (Fsp3) is 0.625. The van der Waals surface area contributed by atoms with E-state index < -0.39 is 77.9 Å². The Hall–Kier alpha value is -1.56. The Morgan fingerprint density at radius 3 is 2.23 bits per heavy atom. The standard InChI is InChI=1S/C16H22N4O13P2/c21-9-7-3-29-34(25,26)33-35(27,28)30-4-8-10(22)12(24)16(32-8)20-2-1-6-13(17-5-18-14(6)20)19-15(31-7)11(9)23/h1-2,5,7-12,15-16,21-24H,3-4H2,(H,25,26)(H,27,28)(H,17,18,19)/t7-,8-,9-,10-,11-,12-,15-,16-/m1/s1. The molecule has 2 aromatic rings. The van der Waals surface area contributed by atoms with Gasteiger partial charge in [0.05, 0.1) is 18.6 Å². The zero-order valence-electron chi connectivity index (χ0n) is 17.5. The van der Waals surface area contributed by atoms with E-state index in [4.69, 9.17) is 9.47 Å². The van der Waals surface area contributed by atoms with Gasteiger partial charge in [0, 0.05) is 6.20 Å². The minimum absolute atomic E-state index is 0.179. The van der Waals surface area contributed by atoms with E-state index in [-0.39, 0.29) is 11.5 Å². The number of hydrogen-bond donors (Lipinski definition) is 7. The maximum atomic E-state index is 12.2. The van der Waals surface area contributed by atoms with Gasteiger partial charge in [-0.1, -0.05) is 0 Å². The second-order valence-electron chi connectivity index (χ2n) is 8.06. The van der Waals surface area contributed by atoms with Crippen molar-refractivity contribution < 1.29 is 62.2 Å². The summed E-state index contributed by atoms with van der Waals surface area (Å²) in [6.07, 6.45) is -8.64. The lowest BCUT2D eigenvalue weighted by atomic mass is 10.1. The summed E-state index contributed by atoms with van der Waals surface area (Å²) in [5, 5.41) is 44.7. The summed E-state index contributed by atoms with van der Waals surface area (Å²) in [5.41, 5.74) is 0.256. The number of nitrogens with one attached hydrogen (secondary N) is 1. The zero-order valence-corrected chi connectivity index (χ0v) is 19.3. The fourth-order valence-electron chi connectivity index (χ4n) is 4.04. The number of rotatable bonds is 0. The van der Waals surface area contributed by atoms with Crippen LogP contribution in [-0.4, -0.2) is 101 Å². The van der Waals surface area contributed by atoms with Crippen LogP contribution in [0, 0.1) is 0 Å². The number of ether oxygens (including phenoxy) is 2. The lowest BCUT2D eigenvalue weighted by Crippen LogP contribution is -2.37. The highest BCUT2D eigenvalue weighted by Crippen LogP contribution is 2.60. The van der Waals surface area contributed by atoms with Crippen LogP contribution in [-0.2, 0) is 32.0 Å². The third kappa shape index (κ3) is 4.76. The van der Waals surface area contributed by atoms with Crippen molar-refractivity contribution in [2.24, 2.45) is 0 Å². The number of aliphatic hydroxyl groups is 4. The fourth-order valence-corrected chi connectivity index (χ4v) is 6.13. The van der Waals surface area contributed by atoms with Crippen molar-refractivity contribution in [3.05, 3.63) is 18.6 Å². The first kappa shape index (κ1) is 25.1. The minimum atomic E-state index is -5.23. The minimum Gasteiger partial charge on any atom is -0.387 e. The first-order valence-corrected chi connectivity index (χ1v) is 13.2. The molecule has 2 unspecified atom stereocenters. The number of aromatic nitrogens is 3. The summed E-state index contributed by atoms with van der Waals surface area (Å²) in [7, 11) is -10.4. The molecule has 8 bridgehead atoms. The molecule has 0 spiro atoms. The molecule has 7 N–H and O–H groups in total. The van der Waals surface area contributed by atoms with Crippen molar-refractivity contribution in [3.63, 3.8) is 0 Å². The van der Waals surface area contributed by atoms with Gasteiger partial charge in [0.15, 0.2) is 12.5 Å². The molecule has 2 aromatic heterocycles. The highest BCUT2D eigenvalue weighted by molar-refractivity contribution is 7.61. The molecule has 17 nitrogen and oxygen atoms in total. The van der Waals surface area contributed by atoms with Crippen LogP contribution < -0.4 is 5.32 Å². The van der Waals surface area contributed by atoms with E-state index in [0.29, 0.717) is 5.39 Å². The molecule has 0 aliphatic carbocycles. The second kappa shape index (κ2) is 9.08. The van der Waals surface area contributed by atoms with Gasteiger partial charge in [-0.15, -0.1) is 0 Å². The van der Waals surface area contributed by atoms with Crippen molar-refractivity contribution in [1.82, 2.24) is 14.5 Å². The Bertz CT molecular complexity index is 1200. The lowest BCUT2D eigenvalue weighted by Gasteiger charge is -2.21. The van der Waals surface area contributed by atoms with Crippen molar-refractivity contribution in [3.8, 4) is 0 Å². The quantitative estimate of drug-likeness (QED) is 0.182. The molecule has 2 fully saturated rings. The molecule has 19 heteroatoms. The van der Waals surface area contributed by atoms with Gasteiger partial charge in [0.2, 0.25) is 0 Å². The summed E-state index contributed by atoms with van der Waals surface area (Å²) in [6.45, 7) is -1.61. The Kier molecular flexibility index (Phi) is 6.51. The van der Waals surface area contributed by atoms with Crippen molar-refractivity contribution in [1.29, 1.82) is 0 Å². The normalized spacial score (nSPS) is 44.7. The predicted molar refractivity (Wildman–Crippen MR) is 110 cm³/mol. The smallest absolute Gasteiger partial charge is 0.387 e. The Balaban J connectivity index is 1.52. The predicted octanol–water partition coefficient (Wildman–Crippen LogP) is -1.83. The summed E-state index contributed by atoms with van der Waals surface area (Å²) in [6, 6.07) is 1.56. The Labute approximate surface area is 196 Å². The van der Waals surface area contributed by atoms with E-state index in [1.807, 2.05) is 0 Å². The van der Waals surface area contributed by atoms with Gasteiger partial charge in [0.1, 0.15) is 54.4 Å². The maximum Gasteiger partial charge on any atom is 0.481 e. The molecule has 3 aliphatic heterocycles. The summed E-state index contributed by atoms with van der Waals surface area (Å²) in [4.78, 5) is 27.9. The number of aliphatic hydroxyl groups excluding tert-OH is 4. The molecule has 3 aliphatic rings. The molecule has 0 radical (unpaired) electrons. The number of anilines is 1. The van der Waals surface area contributed by atoms with E-state index in [9.17, 15) is 39.3 Å². The van der Waals surface area contributed by atoms with Gasteiger partial charge < -0.3 is 49.6 Å². The maximum absolute atomic E-state index is 12.2. The third-order valence-corrected chi connectivity index (χ3v) is 8.37. The van der Waals surface area contributed by atoms with Gasteiger partial charge in [-0.25, -0.2) is 19.1 Å². The Morgan fingerprint density at radius 2 is 1.54 bits per heavy atom. The number of phosphoric acid groups is 2. The topological polar surface area (TPSA) is 244 Å². The first-order valence-electron chi connectivity index (χ1n) is 10.2. The lowest BCUT2D eigenvalue weighted by molar-refractivity contribution is -0.0504. The molecule has 0 amide bonds. The third-order valence-electron chi connectivity index (χ3n) is 5.77. The van der Waals surface area contributed by atoms with Crippen LogP contribution in [0.5, 0.6) is 0 Å². The van der Waals surface area contributed by atoms with Crippen molar-refractivity contribution >= 4 is 32.5 Å². The zero-order chi connectivity index (χ0) is 25.1. The molecule has 0 saturated carbocycles. The van der Waals surface area contributed by atoms with Gasteiger partial charge in [-0.3, -0.25) is 9.05 Å². The molecule has 5 rings (SSSR count). The van der Waals surface area contributed by atoms with Crippen LogP contribution in [0.15, 0.2) is 18.6 Å². The van der Waals surface area contributed by atoms with Crippen LogP contribution >= 0.6 is 15.6 Å². The molecule has 0 aromatic carbocycles. The highest BCUT2D eigenvalue weighted by Gasteiger charge is 2.48.